The molecule has 0 saturated heterocycles. The van der Waals surface area contributed by atoms with Gasteiger partial charge in [0.1, 0.15) is 16.4 Å². The van der Waals surface area contributed by atoms with Crippen LogP contribution in [0.25, 0.3) is 22.6 Å². The van der Waals surface area contributed by atoms with E-state index >= 15 is 0 Å². The Morgan fingerprint density at radius 1 is 0.857 bits per heavy atom. The molecule has 0 saturated carbocycles. The van der Waals surface area contributed by atoms with Crippen molar-refractivity contribution in [3.63, 3.8) is 0 Å². The largest absolute Gasteiger partial charge is 0.294 e. The number of aryl methyl sites for hydroxylation is 1. The quantitative estimate of drug-likeness (QED) is 0.458. The summed E-state index contributed by atoms with van der Waals surface area (Å²) in [5.74, 6) is 0. The van der Waals surface area contributed by atoms with Gasteiger partial charge in [0.25, 0.3) is 0 Å². The SMILES string of the molecule is Cc1cccn2c(Sc3nnnn3-c3ccccc3)c(-c3ccccc3)nc12. The summed E-state index contributed by atoms with van der Waals surface area (Å²) in [4.78, 5) is 4.93. The molecule has 0 aliphatic rings. The smallest absolute Gasteiger partial charge is 0.220 e. The lowest BCUT2D eigenvalue weighted by Crippen LogP contribution is -1.99. The van der Waals surface area contributed by atoms with Crippen LogP contribution in [-0.2, 0) is 0 Å². The van der Waals surface area contributed by atoms with Crippen molar-refractivity contribution in [2.24, 2.45) is 0 Å². The number of aromatic nitrogens is 6. The van der Waals surface area contributed by atoms with Crippen LogP contribution in [0.15, 0.2) is 89.2 Å². The lowest BCUT2D eigenvalue weighted by Gasteiger charge is -2.06. The summed E-state index contributed by atoms with van der Waals surface area (Å²) in [6.45, 7) is 2.07. The third-order valence-corrected chi connectivity index (χ3v) is 5.50. The Kier molecular flexibility index (Phi) is 4.14. The molecule has 0 radical (unpaired) electrons. The molecule has 0 N–H and O–H groups in total. The van der Waals surface area contributed by atoms with E-state index in [1.54, 1.807) is 4.68 Å². The fourth-order valence-electron chi connectivity index (χ4n) is 3.12. The molecule has 0 unspecified atom stereocenters. The third-order valence-electron chi connectivity index (χ3n) is 4.48. The molecule has 0 bridgehead atoms. The molecular weight excluding hydrogens is 368 g/mol. The van der Waals surface area contributed by atoms with Crippen LogP contribution in [0.4, 0.5) is 0 Å². The molecule has 28 heavy (non-hydrogen) atoms. The highest BCUT2D eigenvalue weighted by Crippen LogP contribution is 2.36. The van der Waals surface area contributed by atoms with Crippen molar-refractivity contribution >= 4 is 17.4 Å². The average molecular weight is 384 g/mol. The van der Waals surface area contributed by atoms with Crippen LogP contribution < -0.4 is 0 Å². The standard InChI is InChI=1S/C21H16N6S/c1-15-9-8-14-26-19(15)22-18(16-10-4-2-5-11-16)20(26)28-21-23-24-25-27(21)17-12-6-3-7-13-17/h2-14H,1H3. The number of hydrogen-bond donors (Lipinski definition) is 0. The summed E-state index contributed by atoms with van der Waals surface area (Å²) < 4.78 is 3.85. The van der Waals surface area contributed by atoms with Gasteiger partial charge in [-0.25, -0.2) is 4.98 Å². The first-order valence-electron chi connectivity index (χ1n) is 8.86. The van der Waals surface area contributed by atoms with Crippen LogP contribution in [-0.4, -0.2) is 29.6 Å². The lowest BCUT2D eigenvalue weighted by molar-refractivity contribution is 0.755. The summed E-state index contributed by atoms with van der Waals surface area (Å²) in [5, 5.41) is 14.0. The molecule has 0 aliphatic carbocycles. The number of fused-ring (bicyclic) bond motifs is 1. The molecule has 5 rings (SSSR count). The fraction of sp³-hybridized carbons (Fsp3) is 0.0476. The first kappa shape index (κ1) is 16.7. The van der Waals surface area contributed by atoms with Crippen molar-refractivity contribution in [1.29, 1.82) is 0 Å². The van der Waals surface area contributed by atoms with Gasteiger partial charge < -0.3 is 0 Å². The van der Waals surface area contributed by atoms with Crippen LogP contribution in [0.1, 0.15) is 5.56 Å². The monoisotopic (exact) mass is 384 g/mol. The molecular formula is C21H16N6S. The van der Waals surface area contributed by atoms with Crippen molar-refractivity contribution in [2.75, 3.05) is 0 Å². The van der Waals surface area contributed by atoms with Crippen LogP contribution >= 0.6 is 11.8 Å². The van der Waals surface area contributed by atoms with Crippen molar-refractivity contribution in [3.8, 4) is 16.9 Å². The molecule has 0 amide bonds. The number of nitrogens with zero attached hydrogens (tertiary/aromatic N) is 6. The summed E-state index contributed by atoms with van der Waals surface area (Å²) in [6, 6.07) is 24.2. The lowest BCUT2D eigenvalue weighted by atomic mass is 10.2. The van der Waals surface area contributed by atoms with Gasteiger partial charge >= 0.3 is 0 Å². The highest BCUT2D eigenvalue weighted by Gasteiger charge is 2.19. The van der Waals surface area contributed by atoms with Gasteiger partial charge in [0.2, 0.25) is 5.16 Å². The van der Waals surface area contributed by atoms with E-state index in [1.807, 2.05) is 60.8 Å². The van der Waals surface area contributed by atoms with Crippen molar-refractivity contribution in [3.05, 3.63) is 84.6 Å². The van der Waals surface area contributed by atoms with Gasteiger partial charge in [-0.3, -0.25) is 4.40 Å². The van der Waals surface area contributed by atoms with Gasteiger partial charge in [0.15, 0.2) is 0 Å². The molecule has 0 aliphatic heterocycles. The van der Waals surface area contributed by atoms with E-state index in [0.717, 1.165) is 33.2 Å². The highest BCUT2D eigenvalue weighted by molar-refractivity contribution is 7.99. The maximum atomic E-state index is 4.93. The van der Waals surface area contributed by atoms with Gasteiger partial charge in [-0.15, -0.1) is 5.10 Å². The maximum Gasteiger partial charge on any atom is 0.220 e. The van der Waals surface area contributed by atoms with E-state index in [9.17, 15) is 0 Å². The first-order valence-corrected chi connectivity index (χ1v) is 9.67. The van der Waals surface area contributed by atoms with Crippen LogP contribution in [0.3, 0.4) is 0 Å². The number of imidazole rings is 1. The van der Waals surface area contributed by atoms with E-state index < -0.39 is 0 Å². The Labute approximate surface area is 165 Å². The number of hydrogen-bond acceptors (Lipinski definition) is 5. The minimum absolute atomic E-state index is 0.687. The molecule has 0 atom stereocenters. The number of tetrazole rings is 1. The van der Waals surface area contributed by atoms with Gasteiger partial charge in [-0.05, 0) is 52.9 Å². The topological polar surface area (TPSA) is 60.9 Å². The fourth-order valence-corrected chi connectivity index (χ4v) is 4.11. The maximum absolute atomic E-state index is 4.93. The number of pyridine rings is 1. The molecule has 0 spiro atoms. The zero-order valence-corrected chi connectivity index (χ0v) is 15.9. The van der Waals surface area contributed by atoms with E-state index in [0.29, 0.717) is 5.16 Å². The number of para-hydroxylation sites is 1. The summed E-state index contributed by atoms with van der Waals surface area (Å²) >= 11 is 1.51. The van der Waals surface area contributed by atoms with Gasteiger partial charge in [0, 0.05) is 11.8 Å². The predicted molar refractivity (Wildman–Crippen MR) is 109 cm³/mol. The van der Waals surface area contributed by atoms with Crippen LogP contribution in [0.2, 0.25) is 0 Å². The van der Waals surface area contributed by atoms with E-state index in [4.69, 9.17) is 4.98 Å². The van der Waals surface area contributed by atoms with Crippen molar-refractivity contribution in [2.45, 2.75) is 17.1 Å². The van der Waals surface area contributed by atoms with Crippen molar-refractivity contribution < 1.29 is 0 Å². The number of benzene rings is 2. The second-order valence-electron chi connectivity index (χ2n) is 6.33. The summed E-state index contributed by atoms with van der Waals surface area (Å²) in [6.07, 6.45) is 2.03. The Hall–Kier alpha value is -3.45. The highest BCUT2D eigenvalue weighted by atomic mass is 32.2. The molecule has 0 fully saturated rings. The Balaban J connectivity index is 1.68. The molecule has 7 heteroatoms. The van der Waals surface area contributed by atoms with E-state index in [1.165, 1.54) is 11.8 Å². The third kappa shape index (κ3) is 2.86. The first-order chi connectivity index (χ1) is 13.8. The second-order valence-corrected chi connectivity index (χ2v) is 7.28. The zero-order chi connectivity index (χ0) is 18.9. The second kappa shape index (κ2) is 6.94. The summed E-state index contributed by atoms with van der Waals surface area (Å²) in [5.41, 5.74) is 4.95. The molecule has 2 aromatic carbocycles. The van der Waals surface area contributed by atoms with E-state index in [2.05, 4.69) is 45.0 Å². The Morgan fingerprint density at radius 3 is 2.39 bits per heavy atom. The Bertz CT molecular complexity index is 1240. The summed E-state index contributed by atoms with van der Waals surface area (Å²) in [7, 11) is 0. The molecule has 5 aromatic rings. The van der Waals surface area contributed by atoms with E-state index in [-0.39, 0.29) is 0 Å². The van der Waals surface area contributed by atoms with Gasteiger partial charge in [-0.2, -0.15) is 4.68 Å². The van der Waals surface area contributed by atoms with Crippen LogP contribution in [0.5, 0.6) is 0 Å². The minimum atomic E-state index is 0.687. The zero-order valence-electron chi connectivity index (χ0n) is 15.1. The molecule has 6 nitrogen and oxygen atoms in total. The molecule has 136 valence electrons. The average Bonchev–Trinajstić information content (AvgIpc) is 3.36. The molecule has 3 aromatic heterocycles. The molecule has 3 heterocycles. The van der Waals surface area contributed by atoms with Crippen LogP contribution in [0, 0.1) is 6.92 Å². The minimum Gasteiger partial charge on any atom is -0.294 e. The predicted octanol–water partition coefficient (Wildman–Crippen LogP) is 4.44. The van der Waals surface area contributed by atoms with Crippen molar-refractivity contribution in [1.82, 2.24) is 29.6 Å². The normalized spacial score (nSPS) is 11.2. The van der Waals surface area contributed by atoms with Gasteiger partial charge in [-0.1, -0.05) is 54.6 Å². The Morgan fingerprint density at radius 2 is 1.61 bits per heavy atom. The van der Waals surface area contributed by atoms with Gasteiger partial charge in [0.05, 0.1) is 5.69 Å². The number of rotatable bonds is 4.